The number of hydrogen-bond acceptors (Lipinski definition) is 6. The van der Waals surface area contributed by atoms with E-state index in [9.17, 15) is 14.9 Å². The standard InChI is InChI=1S/C18H12N4O4/c23-18-10-17(20-15-7-3-5-12-4-1-2-6-14(12)15)21(26-18)16-9-8-13(11-19-16)22(24)25/h1-11,20H. The number of nitro groups is 1. The van der Waals surface area contributed by atoms with Crippen molar-refractivity contribution in [2.75, 3.05) is 5.32 Å². The molecule has 0 fully saturated rings. The Bertz CT molecular complexity index is 1160. The van der Waals surface area contributed by atoms with Gasteiger partial charge in [-0.15, -0.1) is 4.74 Å². The van der Waals surface area contributed by atoms with Gasteiger partial charge in [0.2, 0.25) is 0 Å². The van der Waals surface area contributed by atoms with Crippen molar-refractivity contribution in [1.29, 1.82) is 0 Å². The highest BCUT2D eigenvalue weighted by Crippen LogP contribution is 2.27. The first-order chi connectivity index (χ1) is 12.6. The van der Waals surface area contributed by atoms with Crippen LogP contribution in [0.3, 0.4) is 0 Å². The molecule has 0 unspecified atom stereocenters. The largest absolute Gasteiger partial charge is 0.360 e. The third-order valence-corrected chi connectivity index (χ3v) is 3.86. The van der Waals surface area contributed by atoms with Gasteiger partial charge in [-0.2, -0.15) is 0 Å². The van der Waals surface area contributed by atoms with Gasteiger partial charge in [-0.1, -0.05) is 36.4 Å². The molecule has 2 heterocycles. The highest BCUT2D eigenvalue weighted by Gasteiger charge is 2.13. The van der Waals surface area contributed by atoms with Crippen LogP contribution in [0.1, 0.15) is 0 Å². The second kappa shape index (κ2) is 6.17. The van der Waals surface area contributed by atoms with E-state index < -0.39 is 10.5 Å². The van der Waals surface area contributed by atoms with Crippen LogP contribution in [0.2, 0.25) is 0 Å². The number of benzene rings is 2. The average Bonchev–Trinajstić information content (AvgIpc) is 3.02. The van der Waals surface area contributed by atoms with Crippen molar-refractivity contribution in [3.05, 3.63) is 87.4 Å². The minimum atomic E-state index is -0.562. The molecule has 0 radical (unpaired) electrons. The number of nitrogens with zero attached hydrogens (tertiary/aromatic N) is 3. The Labute approximate surface area is 146 Å². The fourth-order valence-electron chi connectivity index (χ4n) is 2.67. The van der Waals surface area contributed by atoms with Gasteiger partial charge in [0, 0.05) is 17.1 Å². The lowest BCUT2D eigenvalue weighted by molar-refractivity contribution is -0.385. The Morgan fingerprint density at radius 1 is 1.08 bits per heavy atom. The predicted octanol–water partition coefficient (Wildman–Crippen LogP) is 3.63. The maximum absolute atomic E-state index is 11.7. The molecule has 0 spiro atoms. The Morgan fingerprint density at radius 2 is 1.88 bits per heavy atom. The van der Waals surface area contributed by atoms with Crippen LogP contribution >= 0.6 is 0 Å². The van der Waals surface area contributed by atoms with Crippen molar-refractivity contribution in [3.63, 3.8) is 0 Å². The first-order valence-electron chi connectivity index (χ1n) is 7.71. The van der Waals surface area contributed by atoms with Crippen molar-refractivity contribution in [1.82, 2.24) is 9.72 Å². The van der Waals surface area contributed by atoms with Gasteiger partial charge in [0.05, 0.1) is 11.0 Å². The van der Waals surface area contributed by atoms with E-state index in [0.717, 1.165) is 22.7 Å². The van der Waals surface area contributed by atoms with Crippen molar-refractivity contribution in [2.24, 2.45) is 0 Å². The summed E-state index contributed by atoms with van der Waals surface area (Å²) in [4.78, 5) is 26.0. The van der Waals surface area contributed by atoms with E-state index in [1.54, 1.807) is 0 Å². The van der Waals surface area contributed by atoms with Crippen molar-refractivity contribution < 1.29 is 9.45 Å². The number of fused-ring (bicyclic) bond motifs is 1. The second-order valence-corrected chi connectivity index (χ2v) is 5.52. The quantitative estimate of drug-likeness (QED) is 0.446. The summed E-state index contributed by atoms with van der Waals surface area (Å²) in [6, 6.07) is 17.6. The first-order valence-corrected chi connectivity index (χ1v) is 7.71. The summed E-state index contributed by atoms with van der Waals surface area (Å²) >= 11 is 0. The molecule has 8 heteroatoms. The minimum absolute atomic E-state index is 0.146. The molecule has 0 aliphatic rings. The van der Waals surface area contributed by atoms with Gasteiger partial charge in [-0.3, -0.25) is 10.1 Å². The van der Waals surface area contributed by atoms with E-state index in [1.807, 2.05) is 42.5 Å². The third kappa shape index (κ3) is 2.80. The maximum atomic E-state index is 11.7. The molecule has 8 nitrogen and oxygen atoms in total. The van der Waals surface area contributed by atoms with Gasteiger partial charge < -0.3 is 9.84 Å². The molecule has 0 saturated heterocycles. The molecular weight excluding hydrogens is 336 g/mol. The zero-order valence-corrected chi connectivity index (χ0v) is 13.3. The van der Waals surface area contributed by atoms with Gasteiger partial charge >= 0.3 is 5.63 Å². The van der Waals surface area contributed by atoms with Crippen LogP contribution in [-0.2, 0) is 0 Å². The van der Waals surface area contributed by atoms with Crippen LogP contribution in [-0.4, -0.2) is 14.6 Å². The number of nitrogens with one attached hydrogen (secondary N) is 1. The van der Waals surface area contributed by atoms with E-state index in [1.165, 1.54) is 22.9 Å². The lowest BCUT2D eigenvalue weighted by Gasteiger charge is -2.10. The van der Waals surface area contributed by atoms with E-state index in [-0.39, 0.29) is 11.5 Å². The molecule has 4 aromatic rings. The van der Waals surface area contributed by atoms with Crippen LogP contribution in [0.4, 0.5) is 17.2 Å². The second-order valence-electron chi connectivity index (χ2n) is 5.52. The Hall–Kier alpha value is -3.94. The Kier molecular flexibility index (Phi) is 3.70. The van der Waals surface area contributed by atoms with Crippen molar-refractivity contribution in [2.45, 2.75) is 0 Å². The highest BCUT2D eigenvalue weighted by atomic mass is 16.6. The van der Waals surface area contributed by atoms with E-state index in [2.05, 4.69) is 10.3 Å². The normalized spacial score (nSPS) is 10.8. The monoisotopic (exact) mass is 348 g/mol. The fourth-order valence-corrected chi connectivity index (χ4v) is 2.67. The fraction of sp³-hybridized carbons (Fsp3) is 0. The van der Waals surface area contributed by atoms with Gasteiger partial charge in [-0.05, 0) is 17.5 Å². The van der Waals surface area contributed by atoms with Gasteiger partial charge in [0.1, 0.15) is 6.20 Å². The summed E-state index contributed by atoms with van der Waals surface area (Å²) in [5, 5.41) is 15.9. The Balaban J connectivity index is 1.76. The highest BCUT2D eigenvalue weighted by molar-refractivity contribution is 5.95. The molecular formula is C18H12N4O4. The first kappa shape index (κ1) is 15.6. The zero-order valence-electron chi connectivity index (χ0n) is 13.3. The number of aromatic nitrogens is 2. The molecule has 0 atom stereocenters. The summed E-state index contributed by atoms with van der Waals surface area (Å²) in [6.45, 7) is 0. The van der Waals surface area contributed by atoms with Crippen LogP contribution in [0, 0.1) is 10.1 Å². The molecule has 0 aliphatic heterocycles. The molecule has 0 aliphatic carbocycles. The minimum Gasteiger partial charge on any atom is -0.338 e. The molecule has 128 valence electrons. The summed E-state index contributed by atoms with van der Waals surface area (Å²) < 4.78 is 6.35. The van der Waals surface area contributed by atoms with Crippen LogP contribution in [0.25, 0.3) is 16.6 Å². The molecule has 4 rings (SSSR count). The Morgan fingerprint density at radius 3 is 2.65 bits per heavy atom. The number of pyridine rings is 1. The maximum Gasteiger partial charge on any atom is 0.360 e. The average molecular weight is 348 g/mol. The summed E-state index contributed by atoms with van der Waals surface area (Å²) in [5.74, 6) is 0.619. The topological polar surface area (TPSA) is 103 Å². The summed E-state index contributed by atoms with van der Waals surface area (Å²) in [5.41, 5.74) is 0.0827. The number of rotatable bonds is 4. The summed E-state index contributed by atoms with van der Waals surface area (Å²) in [6.07, 6.45) is 1.11. The van der Waals surface area contributed by atoms with Crippen LogP contribution in [0.15, 0.2) is 76.2 Å². The molecule has 0 amide bonds. The SMILES string of the molecule is O=c1cc(Nc2cccc3ccccc23)n(-c2ccc([N+](=O)[O-])cn2)o1. The van der Waals surface area contributed by atoms with Crippen LogP contribution in [0.5, 0.6) is 0 Å². The van der Waals surface area contributed by atoms with Crippen molar-refractivity contribution in [3.8, 4) is 5.82 Å². The summed E-state index contributed by atoms with van der Waals surface area (Å²) in [7, 11) is 0. The van der Waals surface area contributed by atoms with Crippen LogP contribution < -0.4 is 10.9 Å². The van der Waals surface area contributed by atoms with Crippen molar-refractivity contribution >= 4 is 28.0 Å². The molecule has 2 aromatic carbocycles. The van der Waals surface area contributed by atoms with E-state index in [4.69, 9.17) is 4.52 Å². The number of hydrogen-bond donors (Lipinski definition) is 1. The van der Waals surface area contributed by atoms with E-state index >= 15 is 0 Å². The van der Waals surface area contributed by atoms with E-state index in [0.29, 0.717) is 5.82 Å². The predicted molar refractivity (Wildman–Crippen MR) is 96.0 cm³/mol. The van der Waals surface area contributed by atoms with Gasteiger partial charge in [-0.25, -0.2) is 9.78 Å². The molecule has 26 heavy (non-hydrogen) atoms. The zero-order chi connectivity index (χ0) is 18.1. The third-order valence-electron chi connectivity index (χ3n) is 3.86. The molecule has 1 N–H and O–H groups in total. The molecule has 2 aromatic heterocycles. The van der Waals surface area contributed by atoms with Gasteiger partial charge in [0.15, 0.2) is 11.6 Å². The van der Waals surface area contributed by atoms with Gasteiger partial charge in [0.25, 0.3) is 5.69 Å². The molecule has 0 saturated carbocycles. The molecule has 0 bridgehead atoms. The lowest BCUT2D eigenvalue weighted by Crippen LogP contribution is -2.02. The number of anilines is 2. The smallest absolute Gasteiger partial charge is 0.338 e. The lowest BCUT2D eigenvalue weighted by atomic mass is 10.1.